The lowest BCUT2D eigenvalue weighted by molar-refractivity contribution is 0.0636. The lowest BCUT2D eigenvalue weighted by Gasteiger charge is -2.19. The summed E-state index contributed by atoms with van der Waals surface area (Å²) in [5.74, 6) is -0.414. The van der Waals surface area contributed by atoms with Gasteiger partial charge in [-0.15, -0.1) is 0 Å². The fourth-order valence-corrected chi connectivity index (χ4v) is 1.55. The summed E-state index contributed by atoms with van der Waals surface area (Å²) in [4.78, 5) is 11.8. The van der Waals surface area contributed by atoms with E-state index in [2.05, 4.69) is 5.32 Å². The van der Waals surface area contributed by atoms with Crippen molar-refractivity contribution >= 4 is 29.0 Å². The summed E-state index contributed by atoms with van der Waals surface area (Å²) < 4.78 is 18.6. The number of nitrogens with two attached hydrogens (primary N) is 1. The largest absolute Gasteiger partial charge is 0.444 e. The van der Waals surface area contributed by atoms with Crippen molar-refractivity contribution in [3.63, 3.8) is 0 Å². The molecule has 1 rings (SSSR count). The maximum atomic E-state index is 13.5. The topological polar surface area (TPSA) is 64.3 Å². The van der Waals surface area contributed by atoms with Crippen LogP contribution in [0.2, 0.25) is 0 Å². The number of hydrogen-bond acceptors (Lipinski definition) is 3. The highest BCUT2D eigenvalue weighted by Crippen LogP contribution is 2.17. The number of ether oxygens (including phenoxy) is 1. The quantitative estimate of drug-likeness (QED) is 0.837. The van der Waals surface area contributed by atoms with Crippen LogP contribution in [0.1, 0.15) is 26.3 Å². The molecule has 0 saturated heterocycles. The molecule has 0 fully saturated rings. The highest BCUT2D eigenvalue weighted by Gasteiger charge is 2.16. The van der Waals surface area contributed by atoms with Crippen molar-refractivity contribution in [3.8, 4) is 0 Å². The summed E-state index contributed by atoms with van der Waals surface area (Å²) in [7, 11) is 0. The summed E-state index contributed by atoms with van der Waals surface area (Å²) in [6.45, 7) is 5.28. The number of carbonyl (C=O) groups excluding carboxylic acids is 1. The maximum absolute atomic E-state index is 13.5. The molecule has 0 bridgehead atoms. The Kier molecular flexibility index (Phi) is 4.83. The van der Waals surface area contributed by atoms with Gasteiger partial charge in [0.25, 0.3) is 0 Å². The van der Waals surface area contributed by atoms with Crippen molar-refractivity contribution in [3.05, 3.63) is 29.6 Å². The Bertz CT molecular complexity index is 498. The van der Waals surface area contributed by atoms with Crippen molar-refractivity contribution in [2.75, 3.05) is 5.32 Å². The molecule has 0 aromatic heterocycles. The molecular formula is C13H17FN2O2S. The van der Waals surface area contributed by atoms with E-state index in [4.69, 9.17) is 22.7 Å². The van der Waals surface area contributed by atoms with Gasteiger partial charge >= 0.3 is 6.09 Å². The Labute approximate surface area is 117 Å². The van der Waals surface area contributed by atoms with Gasteiger partial charge in [0.15, 0.2) is 0 Å². The molecule has 3 N–H and O–H groups in total. The number of carbonyl (C=O) groups is 1. The third-order valence-electron chi connectivity index (χ3n) is 2.06. The first-order chi connectivity index (χ1) is 8.67. The van der Waals surface area contributed by atoms with Crippen LogP contribution in [0.25, 0.3) is 0 Å². The molecule has 104 valence electrons. The third-order valence-corrected chi connectivity index (χ3v) is 2.20. The van der Waals surface area contributed by atoms with Crippen LogP contribution >= 0.6 is 12.2 Å². The maximum Gasteiger partial charge on any atom is 0.412 e. The van der Waals surface area contributed by atoms with Crippen molar-refractivity contribution in [2.24, 2.45) is 5.73 Å². The second-order valence-electron chi connectivity index (χ2n) is 5.08. The summed E-state index contributed by atoms with van der Waals surface area (Å²) in [5.41, 5.74) is 5.56. The monoisotopic (exact) mass is 284 g/mol. The smallest absolute Gasteiger partial charge is 0.412 e. The molecule has 1 amide bonds. The van der Waals surface area contributed by atoms with Crippen molar-refractivity contribution in [1.29, 1.82) is 0 Å². The van der Waals surface area contributed by atoms with Gasteiger partial charge in [-0.2, -0.15) is 0 Å². The number of benzene rings is 1. The highest BCUT2D eigenvalue weighted by atomic mass is 32.1. The number of nitrogens with one attached hydrogen (secondary N) is 1. The van der Waals surface area contributed by atoms with Gasteiger partial charge in [-0.3, -0.25) is 5.32 Å². The molecule has 1 aromatic carbocycles. The van der Waals surface area contributed by atoms with Crippen LogP contribution in [-0.2, 0) is 11.2 Å². The van der Waals surface area contributed by atoms with Gasteiger partial charge in [-0.25, -0.2) is 9.18 Å². The first kappa shape index (κ1) is 15.4. The van der Waals surface area contributed by atoms with E-state index < -0.39 is 17.5 Å². The minimum atomic E-state index is -0.597. The molecule has 0 atom stereocenters. The van der Waals surface area contributed by atoms with Crippen molar-refractivity contribution in [1.82, 2.24) is 0 Å². The van der Waals surface area contributed by atoms with E-state index in [1.165, 1.54) is 18.2 Å². The van der Waals surface area contributed by atoms with Crippen LogP contribution in [0.4, 0.5) is 14.9 Å². The normalized spacial score (nSPS) is 10.9. The van der Waals surface area contributed by atoms with Crippen LogP contribution in [0, 0.1) is 5.82 Å². The lowest BCUT2D eigenvalue weighted by Crippen LogP contribution is -2.27. The molecule has 6 heteroatoms. The van der Waals surface area contributed by atoms with E-state index in [9.17, 15) is 9.18 Å². The van der Waals surface area contributed by atoms with Gasteiger partial charge in [0.05, 0.1) is 4.99 Å². The molecule has 0 aliphatic rings. The fraction of sp³-hybridized carbons (Fsp3) is 0.385. The second-order valence-corrected chi connectivity index (χ2v) is 5.60. The average molecular weight is 284 g/mol. The standard InChI is InChI=1S/C13H17FN2O2S/c1-13(2,3)18-12(17)16-9-4-5-10(14)8(6-9)7-11(15)19/h4-6H,7H2,1-3H3,(H2,15,19)(H,16,17). The minimum absolute atomic E-state index is 0.144. The first-order valence-electron chi connectivity index (χ1n) is 5.74. The van der Waals surface area contributed by atoms with E-state index in [1.807, 2.05) is 0 Å². The molecule has 4 nitrogen and oxygen atoms in total. The number of amides is 1. The van der Waals surface area contributed by atoms with Crippen LogP contribution < -0.4 is 11.1 Å². The van der Waals surface area contributed by atoms with E-state index >= 15 is 0 Å². The Morgan fingerprint density at radius 1 is 1.47 bits per heavy atom. The zero-order valence-electron chi connectivity index (χ0n) is 11.1. The molecule has 0 radical (unpaired) electrons. The number of anilines is 1. The predicted molar refractivity (Wildman–Crippen MR) is 76.7 cm³/mol. The van der Waals surface area contributed by atoms with E-state index in [-0.39, 0.29) is 11.4 Å². The molecule has 0 aliphatic carbocycles. The highest BCUT2D eigenvalue weighted by molar-refractivity contribution is 7.80. The molecular weight excluding hydrogens is 267 g/mol. The number of hydrogen-bond donors (Lipinski definition) is 2. The Morgan fingerprint density at radius 3 is 2.63 bits per heavy atom. The van der Waals surface area contributed by atoms with Gasteiger partial charge in [-0.1, -0.05) is 12.2 Å². The van der Waals surface area contributed by atoms with Crippen molar-refractivity contribution in [2.45, 2.75) is 32.8 Å². The van der Waals surface area contributed by atoms with E-state index in [0.717, 1.165) is 0 Å². The van der Waals surface area contributed by atoms with Gasteiger partial charge in [0.1, 0.15) is 11.4 Å². The van der Waals surface area contributed by atoms with Gasteiger partial charge in [0.2, 0.25) is 0 Å². The van der Waals surface area contributed by atoms with E-state index in [0.29, 0.717) is 11.3 Å². The summed E-state index contributed by atoms with van der Waals surface area (Å²) in [6, 6.07) is 4.18. The van der Waals surface area contributed by atoms with Crippen LogP contribution in [0.3, 0.4) is 0 Å². The summed E-state index contributed by atoms with van der Waals surface area (Å²) >= 11 is 4.74. The molecule has 19 heavy (non-hydrogen) atoms. The SMILES string of the molecule is CC(C)(C)OC(=O)Nc1ccc(F)c(CC(N)=S)c1. The zero-order valence-corrected chi connectivity index (χ0v) is 11.9. The predicted octanol–water partition coefficient (Wildman–Crippen LogP) is 3.00. The Hall–Kier alpha value is -1.69. The lowest BCUT2D eigenvalue weighted by atomic mass is 10.1. The number of thiocarbonyl (C=S) groups is 1. The number of halogens is 1. The molecule has 0 unspecified atom stereocenters. The molecule has 0 aliphatic heterocycles. The summed E-state index contributed by atoms with van der Waals surface area (Å²) in [5, 5.41) is 2.53. The molecule has 0 heterocycles. The van der Waals surface area contributed by atoms with Gasteiger partial charge in [-0.05, 0) is 44.5 Å². The Morgan fingerprint density at radius 2 is 2.11 bits per heavy atom. The molecule has 0 saturated carbocycles. The van der Waals surface area contributed by atoms with Crippen molar-refractivity contribution < 1.29 is 13.9 Å². The second kappa shape index (κ2) is 5.97. The van der Waals surface area contributed by atoms with Crippen LogP contribution in [0.5, 0.6) is 0 Å². The van der Waals surface area contributed by atoms with Crippen LogP contribution in [0.15, 0.2) is 18.2 Å². The third kappa shape index (κ3) is 5.65. The zero-order chi connectivity index (χ0) is 14.6. The number of rotatable bonds is 3. The van der Waals surface area contributed by atoms with Crippen LogP contribution in [-0.4, -0.2) is 16.7 Å². The molecule has 0 spiro atoms. The minimum Gasteiger partial charge on any atom is -0.444 e. The van der Waals surface area contributed by atoms with Gasteiger partial charge in [0, 0.05) is 12.1 Å². The average Bonchev–Trinajstić information content (AvgIpc) is 2.19. The summed E-state index contributed by atoms with van der Waals surface area (Å²) in [6.07, 6.45) is -0.453. The van der Waals surface area contributed by atoms with Gasteiger partial charge < -0.3 is 10.5 Å². The Balaban J connectivity index is 2.79. The first-order valence-corrected chi connectivity index (χ1v) is 6.15. The molecule has 1 aromatic rings. The fourth-order valence-electron chi connectivity index (χ4n) is 1.40. The van der Waals surface area contributed by atoms with E-state index in [1.54, 1.807) is 20.8 Å².